The van der Waals surface area contributed by atoms with E-state index in [2.05, 4.69) is 4.72 Å². The molecule has 0 spiro atoms. The second-order valence-electron chi connectivity index (χ2n) is 7.55. The fourth-order valence-corrected chi connectivity index (χ4v) is 4.41. The van der Waals surface area contributed by atoms with E-state index >= 15 is 0 Å². The van der Waals surface area contributed by atoms with Crippen LogP contribution in [-0.4, -0.2) is 49.4 Å². The van der Waals surface area contributed by atoms with Gasteiger partial charge in [-0.15, -0.1) is 0 Å². The minimum atomic E-state index is -3.82. The Morgan fingerprint density at radius 2 is 1.74 bits per heavy atom. The Morgan fingerprint density at radius 1 is 1.19 bits per heavy atom. The summed E-state index contributed by atoms with van der Waals surface area (Å²) >= 11 is 0. The van der Waals surface area contributed by atoms with Crippen molar-refractivity contribution in [1.82, 2.24) is 9.62 Å². The zero-order chi connectivity index (χ0) is 20.2. The fourth-order valence-electron chi connectivity index (χ4n) is 3.21. The number of aryl methyl sites for hydroxylation is 1. The summed E-state index contributed by atoms with van der Waals surface area (Å²) in [6.07, 6.45) is 1.16. The molecule has 1 aromatic carbocycles. The van der Waals surface area contributed by atoms with Gasteiger partial charge in [0.25, 0.3) is 0 Å². The van der Waals surface area contributed by atoms with Gasteiger partial charge in [-0.25, -0.2) is 8.42 Å². The van der Waals surface area contributed by atoms with Gasteiger partial charge in [-0.3, -0.25) is 9.59 Å². The summed E-state index contributed by atoms with van der Waals surface area (Å²) in [4.78, 5) is 25.7. The van der Waals surface area contributed by atoms with Crippen molar-refractivity contribution < 1.29 is 23.1 Å². The van der Waals surface area contributed by atoms with Crippen LogP contribution in [0.15, 0.2) is 29.2 Å². The highest BCUT2D eigenvalue weighted by Gasteiger charge is 2.33. The summed E-state index contributed by atoms with van der Waals surface area (Å²) < 4.78 is 28.0. The number of piperidine rings is 1. The molecule has 1 amide bonds. The number of hydrogen-bond acceptors (Lipinski definition) is 4. The maximum atomic E-state index is 12.9. The van der Waals surface area contributed by atoms with Gasteiger partial charge in [0.05, 0.1) is 10.8 Å². The summed E-state index contributed by atoms with van der Waals surface area (Å²) in [5.74, 6) is -1.46. The van der Waals surface area contributed by atoms with Crippen LogP contribution in [0.1, 0.15) is 38.7 Å². The monoisotopic (exact) mass is 396 g/mol. The highest BCUT2D eigenvalue weighted by atomic mass is 32.2. The fraction of sp³-hybridized carbons (Fsp3) is 0.579. The summed E-state index contributed by atoms with van der Waals surface area (Å²) in [5.41, 5.74) is 0.949. The first-order valence-electron chi connectivity index (χ1n) is 9.20. The van der Waals surface area contributed by atoms with E-state index in [0.717, 1.165) is 5.56 Å². The van der Waals surface area contributed by atoms with Gasteiger partial charge in [-0.1, -0.05) is 31.5 Å². The van der Waals surface area contributed by atoms with Gasteiger partial charge >= 0.3 is 5.97 Å². The molecule has 1 atom stereocenters. The third-order valence-corrected chi connectivity index (χ3v) is 6.28. The van der Waals surface area contributed by atoms with Crippen LogP contribution in [0.5, 0.6) is 0 Å². The van der Waals surface area contributed by atoms with Crippen molar-refractivity contribution in [2.75, 3.05) is 13.1 Å². The number of nitrogens with zero attached hydrogens (tertiary/aromatic N) is 1. The van der Waals surface area contributed by atoms with Crippen LogP contribution >= 0.6 is 0 Å². The Balaban J connectivity index is 2.13. The molecule has 0 aromatic heterocycles. The second-order valence-corrected chi connectivity index (χ2v) is 9.27. The molecule has 1 fully saturated rings. The number of carboxylic acids is 1. The summed E-state index contributed by atoms with van der Waals surface area (Å²) in [6.45, 7) is 6.39. The predicted octanol–water partition coefficient (Wildman–Crippen LogP) is 2.01. The minimum absolute atomic E-state index is 0.122. The Morgan fingerprint density at radius 3 is 2.22 bits per heavy atom. The van der Waals surface area contributed by atoms with Crippen molar-refractivity contribution in [2.24, 2.45) is 11.8 Å². The van der Waals surface area contributed by atoms with Crippen molar-refractivity contribution in [2.45, 2.75) is 51.0 Å². The quantitative estimate of drug-likeness (QED) is 0.734. The number of benzene rings is 1. The molecule has 150 valence electrons. The number of carbonyl (C=O) groups is 2. The highest BCUT2D eigenvalue weighted by molar-refractivity contribution is 7.89. The van der Waals surface area contributed by atoms with Crippen LogP contribution in [0.25, 0.3) is 0 Å². The number of aliphatic carboxylic acids is 1. The SMILES string of the molecule is Cc1ccc(S(=O)(=O)NC(CC(C)C)C(=O)N2CCC(C(=O)O)CC2)cc1. The number of nitrogens with one attached hydrogen (secondary N) is 1. The molecule has 1 saturated heterocycles. The molecule has 7 nitrogen and oxygen atoms in total. The zero-order valence-electron chi connectivity index (χ0n) is 16.0. The normalized spacial score (nSPS) is 17.1. The van der Waals surface area contributed by atoms with E-state index in [1.54, 1.807) is 17.0 Å². The van der Waals surface area contributed by atoms with Crippen molar-refractivity contribution in [3.8, 4) is 0 Å². The van der Waals surface area contributed by atoms with Gasteiger partial charge < -0.3 is 10.0 Å². The standard InChI is InChI=1S/C19H28N2O5S/c1-13(2)12-17(18(22)21-10-8-15(9-11-21)19(23)24)20-27(25,26)16-6-4-14(3)5-7-16/h4-7,13,15,17,20H,8-12H2,1-3H3,(H,23,24). The van der Waals surface area contributed by atoms with Crippen LogP contribution in [0.2, 0.25) is 0 Å². The Hall–Kier alpha value is -1.93. The first kappa shape index (κ1) is 21.4. The molecule has 1 aliphatic heterocycles. The van der Waals surface area contributed by atoms with Gasteiger partial charge in [0.15, 0.2) is 0 Å². The topological polar surface area (TPSA) is 104 Å². The molecule has 2 rings (SSSR count). The predicted molar refractivity (Wildman–Crippen MR) is 102 cm³/mol. The maximum absolute atomic E-state index is 12.9. The van der Waals surface area contributed by atoms with Crippen LogP contribution in [0, 0.1) is 18.8 Å². The Bertz CT molecular complexity index is 766. The van der Waals surface area contributed by atoms with E-state index in [4.69, 9.17) is 5.11 Å². The summed E-state index contributed by atoms with van der Waals surface area (Å²) in [7, 11) is -3.82. The molecule has 8 heteroatoms. The third kappa shape index (κ3) is 5.77. The molecule has 1 aliphatic rings. The van der Waals surface area contributed by atoms with Gasteiger partial charge in [-0.2, -0.15) is 4.72 Å². The molecular formula is C19H28N2O5S. The average Bonchev–Trinajstić information content (AvgIpc) is 2.60. The number of hydrogen-bond donors (Lipinski definition) is 2. The maximum Gasteiger partial charge on any atom is 0.306 e. The molecule has 0 bridgehead atoms. The number of likely N-dealkylation sites (tertiary alicyclic amines) is 1. The second kappa shape index (κ2) is 8.84. The van der Waals surface area contributed by atoms with E-state index in [1.807, 2.05) is 20.8 Å². The molecular weight excluding hydrogens is 368 g/mol. The summed E-state index contributed by atoms with van der Waals surface area (Å²) in [5, 5.41) is 9.09. The van der Waals surface area contributed by atoms with E-state index < -0.39 is 28.0 Å². The van der Waals surface area contributed by atoms with Gasteiger partial charge in [0.2, 0.25) is 15.9 Å². The average molecular weight is 397 g/mol. The number of rotatable bonds is 7. The lowest BCUT2D eigenvalue weighted by Gasteiger charge is -2.33. The zero-order valence-corrected chi connectivity index (χ0v) is 16.8. The molecule has 0 aliphatic carbocycles. The van der Waals surface area contributed by atoms with Crippen LogP contribution < -0.4 is 4.72 Å². The number of sulfonamides is 1. The number of carboxylic acid groups (broad SMARTS) is 1. The van der Waals surface area contributed by atoms with Crippen LogP contribution in [0.3, 0.4) is 0 Å². The van der Waals surface area contributed by atoms with E-state index in [9.17, 15) is 18.0 Å². The lowest BCUT2D eigenvalue weighted by atomic mass is 9.96. The molecule has 1 unspecified atom stereocenters. The Kier molecular flexibility index (Phi) is 7.00. The van der Waals surface area contributed by atoms with E-state index in [1.165, 1.54) is 12.1 Å². The van der Waals surface area contributed by atoms with Crippen LogP contribution in [-0.2, 0) is 19.6 Å². The molecule has 1 heterocycles. The molecule has 1 aromatic rings. The lowest BCUT2D eigenvalue weighted by molar-refractivity contribution is -0.146. The van der Waals surface area contributed by atoms with Gasteiger partial charge in [-0.05, 0) is 44.2 Å². The van der Waals surface area contributed by atoms with Crippen LogP contribution in [0.4, 0.5) is 0 Å². The Labute approximate surface area is 160 Å². The van der Waals surface area contributed by atoms with Crippen molar-refractivity contribution in [3.05, 3.63) is 29.8 Å². The van der Waals surface area contributed by atoms with Crippen molar-refractivity contribution in [3.63, 3.8) is 0 Å². The highest BCUT2D eigenvalue weighted by Crippen LogP contribution is 2.20. The number of carbonyl (C=O) groups excluding carboxylic acids is 1. The third-order valence-electron chi connectivity index (χ3n) is 4.79. The van der Waals surface area contributed by atoms with Crippen molar-refractivity contribution >= 4 is 21.9 Å². The smallest absolute Gasteiger partial charge is 0.306 e. The molecule has 27 heavy (non-hydrogen) atoms. The van der Waals surface area contributed by atoms with Gasteiger partial charge in [0, 0.05) is 13.1 Å². The van der Waals surface area contributed by atoms with Crippen molar-refractivity contribution in [1.29, 1.82) is 0 Å². The summed E-state index contributed by atoms with van der Waals surface area (Å²) in [6, 6.07) is 5.60. The van der Waals surface area contributed by atoms with E-state index in [0.29, 0.717) is 32.4 Å². The lowest BCUT2D eigenvalue weighted by Crippen LogP contribution is -2.51. The molecule has 0 saturated carbocycles. The first-order chi connectivity index (χ1) is 12.6. The minimum Gasteiger partial charge on any atom is -0.481 e. The molecule has 0 radical (unpaired) electrons. The largest absolute Gasteiger partial charge is 0.481 e. The number of amides is 1. The van der Waals surface area contributed by atoms with Gasteiger partial charge in [0.1, 0.15) is 6.04 Å². The molecule has 2 N–H and O–H groups in total. The van der Waals surface area contributed by atoms with E-state index in [-0.39, 0.29) is 16.7 Å². The first-order valence-corrected chi connectivity index (χ1v) is 10.7.